The van der Waals surface area contributed by atoms with Gasteiger partial charge in [-0.3, -0.25) is 0 Å². The van der Waals surface area contributed by atoms with Crippen LogP contribution in [0.1, 0.15) is 0 Å². The van der Waals surface area contributed by atoms with Crippen LogP contribution in [0.4, 0.5) is 17.1 Å². The zero-order valence-electron chi connectivity index (χ0n) is 28.9. The quantitative estimate of drug-likeness (QED) is 0.172. The van der Waals surface area contributed by atoms with Crippen LogP contribution in [0.5, 0.6) is 0 Å². The molecule has 0 amide bonds. The summed E-state index contributed by atoms with van der Waals surface area (Å²) in [5, 5.41) is 4.58. The van der Waals surface area contributed by atoms with Gasteiger partial charge in [0.05, 0.1) is 5.69 Å². The highest BCUT2D eigenvalue weighted by Gasteiger charge is 2.21. The molecule has 254 valence electrons. The first kappa shape index (κ1) is 30.7. The van der Waals surface area contributed by atoms with Crippen LogP contribution >= 0.6 is 11.3 Å². The second-order valence-corrected chi connectivity index (χ2v) is 14.6. The highest BCUT2D eigenvalue weighted by molar-refractivity contribution is 7.26. The lowest BCUT2D eigenvalue weighted by molar-refractivity contribution is 0.621. The van der Waals surface area contributed by atoms with E-state index in [0.717, 1.165) is 66.8 Å². The fourth-order valence-corrected chi connectivity index (χ4v) is 8.96. The zero-order chi connectivity index (χ0) is 35.6. The number of furan rings is 1. The fraction of sp³-hybridized carbons (Fsp3) is 0. The van der Waals surface area contributed by atoms with Crippen LogP contribution in [0.2, 0.25) is 0 Å². The van der Waals surface area contributed by atoms with Gasteiger partial charge in [0.25, 0.3) is 0 Å². The van der Waals surface area contributed by atoms with Crippen LogP contribution in [-0.2, 0) is 0 Å². The molecule has 5 heteroatoms. The molecule has 3 aromatic heterocycles. The van der Waals surface area contributed by atoms with Gasteiger partial charge in [-0.1, -0.05) is 115 Å². The van der Waals surface area contributed by atoms with Gasteiger partial charge in [-0.05, 0) is 83.4 Å². The van der Waals surface area contributed by atoms with Gasteiger partial charge in [-0.2, -0.15) is 0 Å². The lowest BCUT2D eigenvalue weighted by Gasteiger charge is -2.27. The molecule has 11 rings (SSSR count). The number of hydrogen-bond donors (Lipinski definition) is 0. The minimum Gasteiger partial charge on any atom is -0.456 e. The normalized spacial score (nSPS) is 11.7. The van der Waals surface area contributed by atoms with Crippen molar-refractivity contribution in [2.75, 3.05) is 4.90 Å². The molecule has 0 saturated carbocycles. The van der Waals surface area contributed by atoms with Crippen LogP contribution in [0.25, 0.3) is 86.9 Å². The molecule has 8 aromatic carbocycles. The number of oxazole rings is 1. The first-order valence-corrected chi connectivity index (χ1v) is 18.8. The molecule has 0 aliphatic carbocycles. The average Bonchev–Trinajstić information content (AvgIpc) is 3.96. The Hall–Kier alpha value is -6.95. The van der Waals surface area contributed by atoms with E-state index in [1.807, 2.05) is 47.7 Å². The van der Waals surface area contributed by atoms with Gasteiger partial charge in [0, 0.05) is 53.4 Å². The van der Waals surface area contributed by atoms with Gasteiger partial charge in [-0.25, -0.2) is 4.98 Å². The van der Waals surface area contributed by atoms with E-state index in [-0.39, 0.29) is 0 Å². The molecule has 0 aliphatic rings. The van der Waals surface area contributed by atoms with Crippen molar-refractivity contribution in [3.8, 4) is 33.7 Å². The number of thiophene rings is 1. The molecule has 0 unspecified atom stereocenters. The van der Waals surface area contributed by atoms with Crippen molar-refractivity contribution in [2.24, 2.45) is 0 Å². The van der Waals surface area contributed by atoms with Crippen molar-refractivity contribution in [2.45, 2.75) is 0 Å². The molecule has 4 nitrogen and oxygen atoms in total. The van der Waals surface area contributed by atoms with Crippen molar-refractivity contribution >= 4 is 81.6 Å². The largest absolute Gasteiger partial charge is 0.456 e. The summed E-state index contributed by atoms with van der Waals surface area (Å²) in [6.07, 6.45) is 0. The number of benzene rings is 8. The minimum absolute atomic E-state index is 0.576. The Morgan fingerprint density at radius 3 is 1.89 bits per heavy atom. The maximum absolute atomic E-state index is 6.65. The number of hydrogen-bond acceptors (Lipinski definition) is 5. The Morgan fingerprint density at radius 2 is 1.06 bits per heavy atom. The molecule has 11 aromatic rings. The van der Waals surface area contributed by atoms with Crippen LogP contribution in [-0.4, -0.2) is 4.98 Å². The second kappa shape index (κ2) is 12.3. The highest BCUT2D eigenvalue weighted by Crippen LogP contribution is 2.46. The van der Waals surface area contributed by atoms with Crippen molar-refractivity contribution in [1.82, 2.24) is 4.98 Å². The van der Waals surface area contributed by atoms with Gasteiger partial charge >= 0.3 is 0 Å². The molecule has 0 atom stereocenters. The van der Waals surface area contributed by atoms with Gasteiger partial charge in [0.2, 0.25) is 5.89 Å². The monoisotopic (exact) mass is 710 g/mol. The van der Waals surface area contributed by atoms with E-state index < -0.39 is 0 Å². The van der Waals surface area contributed by atoms with E-state index in [0.29, 0.717) is 5.89 Å². The topological polar surface area (TPSA) is 42.4 Å². The third-order valence-electron chi connectivity index (χ3n) is 10.3. The van der Waals surface area contributed by atoms with Crippen LogP contribution < -0.4 is 4.90 Å². The molecule has 0 bridgehead atoms. The summed E-state index contributed by atoms with van der Waals surface area (Å²) in [5.41, 5.74) is 11.9. The maximum Gasteiger partial charge on any atom is 0.228 e. The van der Waals surface area contributed by atoms with Crippen molar-refractivity contribution < 1.29 is 8.83 Å². The van der Waals surface area contributed by atoms with E-state index in [9.17, 15) is 0 Å². The SMILES string of the molecule is c1ccc(-c2ccc(N(c3ccc(-c4cccc5nc(-c6cccc7oc8ccccc8c67)oc45)cc3)c3cccc4sc5ccccc5c34)cc2)cc1. The zero-order valence-corrected chi connectivity index (χ0v) is 29.8. The van der Waals surface area contributed by atoms with Gasteiger partial charge < -0.3 is 13.7 Å². The molecule has 3 heterocycles. The number of nitrogens with zero attached hydrogens (tertiary/aromatic N) is 2. The fourth-order valence-electron chi connectivity index (χ4n) is 7.84. The first-order valence-electron chi connectivity index (χ1n) is 18.0. The van der Waals surface area contributed by atoms with Crippen molar-refractivity contribution in [3.63, 3.8) is 0 Å². The summed E-state index contributed by atoms with van der Waals surface area (Å²) in [6.45, 7) is 0. The number of anilines is 3. The van der Waals surface area contributed by atoms with Crippen LogP contribution in [0.15, 0.2) is 191 Å². The third-order valence-corrected chi connectivity index (χ3v) is 11.5. The molecule has 0 radical (unpaired) electrons. The molecule has 0 fully saturated rings. The van der Waals surface area contributed by atoms with Crippen molar-refractivity contribution in [1.29, 1.82) is 0 Å². The Morgan fingerprint density at radius 1 is 0.426 bits per heavy atom. The summed E-state index contributed by atoms with van der Waals surface area (Å²) in [5.74, 6) is 0.576. The predicted octanol–water partition coefficient (Wildman–Crippen LogP) is 14.6. The lowest BCUT2D eigenvalue weighted by Crippen LogP contribution is -2.10. The standard InChI is InChI=1S/C49H30N2O2S/c1-2-11-31(12-3-1)32-23-27-34(28-24-32)51(41-18-10-22-45-47(41)38-14-5-7-21-44(38)54-45)35-29-25-33(26-30-35)36-15-8-17-40-48(36)53-49(50-40)39-16-9-20-43-46(39)37-13-4-6-19-42(37)52-43/h1-30H. The molecular formula is C49H30N2O2S. The Labute approximate surface area is 314 Å². The third kappa shape index (κ3) is 4.94. The number of para-hydroxylation sites is 2. The Kier molecular flexibility index (Phi) is 7.00. The smallest absolute Gasteiger partial charge is 0.228 e. The molecule has 0 N–H and O–H groups in total. The number of rotatable bonds is 6. The predicted molar refractivity (Wildman–Crippen MR) is 225 cm³/mol. The number of fused-ring (bicyclic) bond motifs is 7. The van der Waals surface area contributed by atoms with Crippen LogP contribution in [0.3, 0.4) is 0 Å². The Bertz CT molecular complexity index is 3160. The molecular weight excluding hydrogens is 681 g/mol. The first-order chi connectivity index (χ1) is 26.8. The molecule has 0 saturated heterocycles. The van der Waals surface area contributed by atoms with E-state index in [1.165, 1.54) is 31.3 Å². The molecule has 0 aliphatic heterocycles. The lowest BCUT2D eigenvalue weighted by atomic mass is 10.0. The van der Waals surface area contributed by atoms with E-state index >= 15 is 0 Å². The highest BCUT2D eigenvalue weighted by atomic mass is 32.1. The second-order valence-electron chi connectivity index (χ2n) is 13.5. The Balaban J connectivity index is 1.03. The van der Waals surface area contributed by atoms with Gasteiger partial charge in [-0.15, -0.1) is 11.3 Å². The summed E-state index contributed by atoms with van der Waals surface area (Å²) in [7, 11) is 0. The average molecular weight is 711 g/mol. The van der Waals surface area contributed by atoms with Crippen molar-refractivity contribution in [3.05, 3.63) is 182 Å². The number of aromatic nitrogens is 1. The van der Waals surface area contributed by atoms with E-state index in [4.69, 9.17) is 13.8 Å². The molecule has 0 spiro atoms. The summed E-state index contributed by atoms with van der Waals surface area (Å²) < 4.78 is 15.4. The van der Waals surface area contributed by atoms with Gasteiger partial charge in [0.15, 0.2) is 5.58 Å². The van der Waals surface area contributed by atoms with E-state index in [2.05, 4.69) is 150 Å². The molecule has 54 heavy (non-hydrogen) atoms. The maximum atomic E-state index is 6.65. The minimum atomic E-state index is 0.576. The van der Waals surface area contributed by atoms with Crippen LogP contribution in [0, 0.1) is 0 Å². The van der Waals surface area contributed by atoms with E-state index in [1.54, 1.807) is 0 Å². The van der Waals surface area contributed by atoms with Gasteiger partial charge in [0.1, 0.15) is 16.7 Å². The summed E-state index contributed by atoms with van der Waals surface area (Å²) in [6, 6.07) is 63.9. The summed E-state index contributed by atoms with van der Waals surface area (Å²) >= 11 is 1.84. The summed E-state index contributed by atoms with van der Waals surface area (Å²) in [4.78, 5) is 7.37.